The lowest BCUT2D eigenvalue weighted by atomic mass is 10.1. The molecule has 0 aliphatic heterocycles. The summed E-state index contributed by atoms with van der Waals surface area (Å²) >= 11 is 5.94. The maximum atomic E-state index is 13.3. The van der Waals surface area contributed by atoms with Gasteiger partial charge in [0.1, 0.15) is 12.7 Å². The number of aliphatic hydroxyl groups excluding tert-OH is 1. The van der Waals surface area contributed by atoms with E-state index in [4.69, 9.17) is 16.4 Å². The van der Waals surface area contributed by atoms with E-state index >= 15 is 0 Å². The molecule has 0 radical (unpaired) electrons. The van der Waals surface area contributed by atoms with Crippen LogP contribution in [0.1, 0.15) is 38.8 Å². The molecule has 0 spiro atoms. The Morgan fingerprint density at radius 3 is 2.57 bits per heavy atom. The minimum Gasteiger partial charge on any atom is -0.392 e. The van der Waals surface area contributed by atoms with Gasteiger partial charge < -0.3 is 15.3 Å². The molecular weight excluding hydrogens is 326 g/mol. The Labute approximate surface area is 140 Å². The first-order valence-corrected chi connectivity index (χ1v) is 7.64. The van der Waals surface area contributed by atoms with Crippen LogP contribution in [0.15, 0.2) is 29.4 Å². The van der Waals surface area contributed by atoms with E-state index in [1.165, 1.54) is 18.2 Å². The van der Waals surface area contributed by atoms with Crippen LogP contribution in [0.4, 0.5) is 8.78 Å². The Morgan fingerprint density at radius 2 is 2.00 bits per heavy atom. The second kappa shape index (κ2) is 8.04. The van der Waals surface area contributed by atoms with Gasteiger partial charge in [0.25, 0.3) is 5.92 Å². The molecule has 130 valence electrons. The van der Waals surface area contributed by atoms with Crippen molar-refractivity contribution in [2.24, 2.45) is 5.16 Å². The van der Waals surface area contributed by atoms with Gasteiger partial charge in [0.05, 0.1) is 0 Å². The quantitative estimate of drug-likeness (QED) is 0.586. The number of oxime groups is 1. The van der Waals surface area contributed by atoms with E-state index in [1.807, 2.05) is 20.8 Å². The molecule has 0 aliphatic rings. The number of rotatable bonds is 7. The molecule has 1 unspecified atom stereocenters. The zero-order valence-corrected chi connectivity index (χ0v) is 14.5. The Balaban J connectivity index is 2.58. The van der Waals surface area contributed by atoms with Crippen LogP contribution in [0.25, 0.3) is 0 Å². The molecular formula is C16H23ClF2N2O2. The van der Waals surface area contributed by atoms with Gasteiger partial charge in [-0.1, -0.05) is 35.0 Å². The zero-order valence-electron chi connectivity index (χ0n) is 13.7. The van der Waals surface area contributed by atoms with Crippen LogP contribution in [0.3, 0.4) is 0 Å². The van der Waals surface area contributed by atoms with Crippen molar-refractivity contribution in [2.45, 2.75) is 45.3 Å². The number of hydrogen-bond acceptors (Lipinski definition) is 4. The molecule has 7 heteroatoms. The molecule has 1 aromatic rings. The first-order chi connectivity index (χ1) is 10.5. The van der Waals surface area contributed by atoms with Gasteiger partial charge >= 0.3 is 0 Å². The van der Waals surface area contributed by atoms with Crippen molar-refractivity contribution in [1.82, 2.24) is 5.32 Å². The maximum absolute atomic E-state index is 13.3. The smallest absolute Gasteiger partial charge is 0.270 e. The molecule has 0 aromatic heterocycles. The Hall–Kier alpha value is -1.24. The second-order valence-corrected chi connectivity index (χ2v) is 6.79. The molecule has 0 saturated carbocycles. The molecule has 2 N–H and O–H groups in total. The highest BCUT2D eigenvalue weighted by molar-refractivity contribution is 6.69. The number of nitrogens with zero attached hydrogens (tertiary/aromatic N) is 1. The second-order valence-electron chi connectivity index (χ2n) is 6.43. The van der Waals surface area contributed by atoms with Gasteiger partial charge in [0.15, 0.2) is 5.17 Å². The topological polar surface area (TPSA) is 53.8 Å². The molecule has 1 atom stereocenters. The number of hydrogen-bond donors (Lipinski definition) is 2. The lowest BCUT2D eigenvalue weighted by Gasteiger charge is -2.22. The molecule has 0 saturated heterocycles. The van der Waals surface area contributed by atoms with E-state index in [0.29, 0.717) is 12.1 Å². The van der Waals surface area contributed by atoms with Crippen LogP contribution in [-0.4, -0.2) is 35.1 Å². The van der Waals surface area contributed by atoms with Gasteiger partial charge in [-0.05, 0) is 26.8 Å². The molecule has 0 heterocycles. The van der Waals surface area contributed by atoms with E-state index in [9.17, 15) is 13.9 Å². The lowest BCUT2D eigenvalue weighted by Crippen LogP contribution is -2.42. The third-order valence-electron chi connectivity index (χ3n) is 2.89. The van der Waals surface area contributed by atoms with Crippen molar-refractivity contribution in [3.8, 4) is 0 Å². The summed E-state index contributed by atoms with van der Waals surface area (Å²) < 4.78 is 26.6. The first kappa shape index (κ1) is 19.8. The Bertz CT molecular complexity index is 540. The number of alkyl halides is 2. The minimum atomic E-state index is -2.96. The first-order valence-electron chi connectivity index (χ1n) is 7.26. The summed E-state index contributed by atoms with van der Waals surface area (Å²) in [5.74, 6) is -2.96. The predicted molar refractivity (Wildman–Crippen MR) is 88.1 cm³/mol. The monoisotopic (exact) mass is 348 g/mol. The fourth-order valence-corrected chi connectivity index (χ4v) is 1.80. The summed E-state index contributed by atoms with van der Waals surface area (Å²) in [6.07, 6.45) is -0.756. The molecule has 0 aliphatic carbocycles. The molecule has 1 aromatic carbocycles. The summed E-state index contributed by atoms with van der Waals surface area (Å²) in [7, 11) is 0. The SMILES string of the molecule is CC(C)(C)NCC(O)CO/N=C(\Cl)c1cccc(C(C)(F)F)c1. The third kappa shape index (κ3) is 7.72. The minimum absolute atomic E-state index is 0.0490. The summed E-state index contributed by atoms with van der Waals surface area (Å²) in [6, 6.07) is 5.60. The van der Waals surface area contributed by atoms with Crippen molar-refractivity contribution in [1.29, 1.82) is 0 Å². The molecule has 0 amide bonds. The van der Waals surface area contributed by atoms with E-state index in [2.05, 4.69) is 10.5 Å². The lowest BCUT2D eigenvalue weighted by molar-refractivity contribution is 0.0174. The van der Waals surface area contributed by atoms with Crippen LogP contribution in [0.2, 0.25) is 0 Å². The normalized spacial score (nSPS) is 14.7. The van der Waals surface area contributed by atoms with Crippen LogP contribution in [-0.2, 0) is 10.8 Å². The standard InChI is InChI=1S/C16H23ClF2N2O2/c1-15(2,3)20-9-13(22)10-23-21-14(17)11-6-5-7-12(8-11)16(4,18)19/h5-8,13,20,22H,9-10H2,1-4H3/b21-14-. The van der Waals surface area contributed by atoms with Crippen molar-refractivity contribution >= 4 is 16.8 Å². The maximum Gasteiger partial charge on any atom is 0.270 e. The van der Waals surface area contributed by atoms with Crippen molar-refractivity contribution in [3.63, 3.8) is 0 Å². The molecule has 0 fully saturated rings. The third-order valence-corrected chi connectivity index (χ3v) is 3.17. The summed E-state index contributed by atoms with van der Waals surface area (Å²) in [4.78, 5) is 4.98. The van der Waals surface area contributed by atoms with Crippen molar-refractivity contribution in [2.75, 3.05) is 13.2 Å². The van der Waals surface area contributed by atoms with Crippen molar-refractivity contribution < 1.29 is 18.7 Å². The van der Waals surface area contributed by atoms with Gasteiger partial charge in [-0.3, -0.25) is 0 Å². The van der Waals surface area contributed by atoms with Gasteiger partial charge in [-0.25, -0.2) is 8.78 Å². The summed E-state index contributed by atoms with van der Waals surface area (Å²) in [5.41, 5.74) is 0.0547. The highest BCUT2D eigenvalue weighted by Crippen LogP contribution is 2.27. The van der Waals surface area contributed by atoms with Gasteiger partial charge in [-0.15, -0.1) is 0 Å². The summed E-state index contributed by atoms with van der Waals surface area (Å²) in [5, 5.41) is 16.5. The van der Waals surface area contributed by atoms with Crippen LogP contribution >= 0.6 is 11.6 Å². The fraction of sp³-hybridized carbons (Fsp3) is 0.562. The molecule has 4 nitrogen and oxygen atoms in total. The van der Waals surface area contributed by atoms with E-state index in [-0.39, 0.29) is 22.9 Å². The van der Waals surface area contributed by atoms with E-state index < -0.39 is 12.0 Å². The fourth-order valence-electron chi connectivity index (χ4n) is 1.64. The van der Waals surface area contributed by atoms with E-state index in [0.717, 1.165) is 6.92 Å². The molecule has 0 bridgehead atoms. The number of β-amino-alcohol motifs (C(OH)–C–C–N with tert-alkyl or cyclic N) is 1. The van der Waals surface area contributed by atoms with Crippen LogP contribution in [0.5, 0.6) is 0 Å². The Morgan fingerprint density at radius 1 is 1.35 bits per heavy atom. The summed E-state index contributed by atoms with van der Waals surface area (Å²) in [6.45, 7) is 7.04. The number of benzene rings is 1. The van der Waals surface area contributed by atoms with Gasteiger partial charge in [0.2, 0.25) is 0 Å². The number of halogens is 3. The largest absolute Gasteiger partial charge is 0.392 e. The van der Waals surface area contributed by atoms with Crippen molar-refractivity contribution in [3.05, 3.63) is 35.4 Å². The average Bonchev–Trinajstić information content (AvgIpc) is 2.43. The highest BCUT2D eigenvalue weighted by Gasteiger charge is 2.24. The Kier molecular flexibility index (Phi) is 6.92. The highest BCUT2D eigenvalue weighted by atomic mass is 35.5. The predicted octanol–water partition coefficient (Wildman–Crippen LogP) is 3.46. The molecule has 23 heavy (non-hydrogen) atoms. The molecule has 1 rings (SSSR count). The number of nitrogens with one attached hydrogen (secondary N) is 1. The van der Waals surface area contributed by atoms with Crippen LogP contribution in [0, 0.1) is 0 Å². The van der Waals surface area contributed by atoms with Gasteiger partial charge in [-0.2, -0.15) is 0 Å². The van der Waals surface area contributed by atoms with Gasteiger partial charge in [0, 0.05) is 30.1 Å². The van der Waals surface area contributed by atoms with E-state index in [1.54, 1.807) is 6.07 Å². The number of aliphatic hydroxyl groups is 1. The average molecular weight is 349 g/mol. The van der Waals surface area contributed by atoms with Crippen LogP contribution < -0.4 is 5.32 Å². The zero-order chi connectivity index (χ0) is 17.7.